The van der Waals surface area contributed by atoms with Crippen molar-refractivity contribution in [2.24, 2.45) is 0 Å². The number of sulfonamides is 1. The van der Waals surface area contributed by atoms with Gasteiger partial charge in [0, 0.05) is 36.3 Å². The third-order valence-corrected chi connectivity index (χ3v) is 6.50. The lowest BCUT2D eigenvalue weighted by molar-refractivity contribution is 0.321. The van der Waals surface area contributed by atoms with Crippen molar-refractivity contribution in [1.82, 2.24) is 19.3 Å². The molecule has 0 unspecified atom stereocenters. The molecule has 0 radical (unpaired) electrons. The fourth-order valence-electron chi connectivity index (χ4n) is 3.64. The molecule has 7 nitrogen and oxygen atoms in total. The van der Waals surface area contributed by atoms with E-state index in [1.807, 2.05) is 18.3 Å². The quantitative estimate of drug-likeness (QED) is 0.775. The highest BCUT2D eigenvalue weighted by atomic mass is 32.2. The first-order valence-corrected chi connectivity index (χ1v) is 9.76. The molecule has 25 heavy (non-hydrogen) atoms. The minimum Gasteiger partial charge on any atom is -0.346 e. The SMILES string of the molecule is N#CCS(=O)(=O)N1CCC(c2ccnc3cnc4[nH]ccc4c23)CC1. The van der Waals surface area contributed by atoms with E-state index in [0.29, 0.717) is 13.1 Å². The summed E-state index contributed by atoms with van der Waals surface area (Å²) in [5.74, 6) is -0.189. The molecule has 1 aliphatic heterocycles. The standard InChI is InChI=1S/C17H17N5O2S/c18-5-10-25(23,24)22-8-3-12(4-9-22)13-1-6-19-15-11-21-17-14(16(13)15)2-7-20-17/h1-2,6-7,11-12H,3-4,8-10H2,(H,20,21). The lowest BCUT2D eigenvalue weighted by Gasteiger charge is -2.31. The Bertz CT molecular complexity index is 1080. The van der Waals surface area contributed by atoms with E-state index in [-0.39, 0.29) is 5.92 Å². The monoisotopic (exact) mass is 355 g/mol. The van der Waals surface area contributed by atoms with Crippen molar-refractivity contribution >= 4 is 32.0 Å². The zero-order chi connectivity index (χ0) is 17.4. The van der Waals surface area contributed by atoms with E-state index in [4.69, 9.17) is 5.26 Å². The van der Waals surface area contributed by atoms with Gasteiger partial charge < -0.3 is 4.98 Å². The van der Waals surface area contributed by atoms with Gasteiger partial charge in [0.15, 0.2) is 5.75 Å². The summed E-state index contributed by atoms with van der Waals surface area (Å²) in [5.41, 5.74) is 2.87. The summed E-state index contributed by atoms with van der Waals surface area (Å²) >= 11 is 0. The summed E-state index contributed by atoms with van der Waals surface area (Å²) < 4.78 is 25.6. The van der Waals surface area contributed by atoms with Crippen molar-refractivity contribution in [1.29, 1.82) is 5.26 Å². The van der Waals surface area contributed by atoms with Gasteiger partial charge in [-0.05, 0) is 36.5 Å². The predicted molar refractivity (Wildman–Crippen MR) is 94.3 cm³/mol. The molecule has 0 aromatic carbocycles. The third-order valence-electron chi connectivity index (χ3n) is 4.86. The second kappa shape index (κ2) is 6.10. The van der Waals surface area contributed by atoms with E-state index < -0.39 is 15.8 Å². The van der Waals surface area contributed by atoms with Crippen molar-refractivity contribution in [2.45, 2.75) is 18.8 Å². The molecule has 0 bridgehead atoms. The van der Waals surface area contributed by atoms with Crippen LogP contribution in [-0.2, 0) is 10.0 Å². The molecule has 3 aromatic rings. The first-order chi connectivity index (χ1) is 12.1. The number of rotatable bonds is 3. The summed E-state index contributed by atoms with van der Waals surface area (Å²) in [6.45, 7) is 0.889. The molecule has 1 fully saturated rings. The van der Waals surface area contributed by atoms with E-state index in [0.717, 1.165) is 34.8 Å². The molecule has 1 saturated heterocycles. The first kappa shape index (κ1) is 16.0. The van der Waals surface area contributed by atoms with Crippen LogP contribution in [0.4, 0.5) is 0 Å². The average Bonchev–Trinajstić information content (AvgIpc) is 3.10. The molecular formula is C17H17N5O2S. The number of nitrogens with one attached hydrogen (secondary N) is 1. The minimum absolute atomic E-state index is 0.263. The molecule has 1 aliphatic rings. The highest BCUT2D eigenvalue weighted by Crippen LogP contribution is 2.35. The maximum atomic E-state index is 12.1. The van der Waals surface area contributed by atoms with Crippen LogP contribution in [0, 0.1) is 11.3 Å². The Balaban J connectivity index is 1.68. The summed E-state index contributed by atoms with van der Waals surface area (Å²) in [5, 5.41) is 10.8. The van der Waals surface area contributed by atoms with Gasteiger partial charge in [-0.15, -0.1) is 0 Å². The maximum Gasteiger partial charge on any atom is 0.227 e. The van der Waals surface area contributed by atoms with Gasteiger partial charge in [0.1, 0.15) is 5.65 Å². The van der Waals surface area contributed by atoms with Gasteiger partial charge in [-0.3, -0.25) is 4.98 Å². The molecule has 128 valence electrons. The van der Waals surface area contributed by atoms with Crippen LogP contribution in [0.5, 0.6) is 0 Å². The smallest absolute Gasteiger partial charge is 0.227 e. The second-order valence-electron chi connectivity index (χ2n) is 6.25. The molecule has 0 saturated carbocycles. The maximum absolute atomic E-state index is 12.1. The highest BCUT2D eigenvalue weighted by Gasteiger charge is 2.29. The lowest BCUT2D eigenvalue weighted by atomic mass is 9.88. The largest absolute Gasteiger partial charge is 0.346 e. The van der Waals surface area contributed by atoms with Gasteiger partial charge in [0.05, 0.1) is 17.8 Å². The second-order valence-corrected chi connectivity index (χ2v) is 8.22. The van der Waals surface area contributed by atoms with Crippen molar-refractivity contribution in [2.75, 3.05) is 18.8 Å². The van der Waals surface area contributed by atoms with Crippen LogP contribution < -0.4 is 0 Å². The van der Waals surface area contributed by atoms with Gasteiger partial charge in [-0.2, -0.15) is 5.26 Å². The summed E-state index contributed by atoms with van der Waals surface area (Å²) in [6.07, 6.45) is 6.89. The summed E-state index contributed by atoms with van der Waals surface area (Å²) in [6, 6.07) is 5.77. The van der Waals surface area contributed by atoms with Gasteiger partial charge >= 0.3 is 0 Å². The fourth-order valence-corrected chi connectivity index (χ4v) is 4.75. The number of H-pyrrole nitrogens is 1. The molecule has 0 atom stereocenters. The predicted octanol–water partition coefficient (Wildman–Crippen LogP) is 2.14. The molecule has 3 aromatic heterocycles. The number of fused-ring (bicyclic) bond motifs is 3. The van der Waals surface area contributed by atoms with E-state index in [9.17, 15) is 8.42 Å². The summed E-state index contributed by atoms with van der Waals surface area (Å²) in [4.78, 5) is 11.9. The molecule has 1 N–H and O–H groups in total. The number of piperidine rings is 1. The third kappa shape index (κ3) is 2.75. The van der Waals surface area contributed by atoms with Gasteiger partial charge in [0.2, 0.25) is 10.0 Å². The van der Waals surface area contributed by atoms with Crippen LogP contribution in [0.15, 0.2) is 30.7 Å². The number of pyridine rings is 2. The van der Waals surface area contributed by atoms with Gasteiger partial charge in [-0.1, -0.05) is 0 Å². The van der Waals surface area contributed by atoms with Crippen LogP contribution in [0.1, 0.15) is 24.3 Å². The number of aromatic nitrogens is 3. The van der Waals surface area contributed by atoms with Crippen LogP contribution in [0.2, 0.25) is 0 Å². The van der Waals surface area contributed by atoms with Crippen molar-refractivity contribution < 1.29 is 8.42 Å². The topological polar surface area (TPSA) is 103 Å². The molecular weight excluding hydrogens is 338 g/mol. The molecule has 0 spiro atoms. The Hall–Kier alpha value is -2.50. The van der Waals surface area contributed by atoms with E-state index in [1.165, 1.54) is 9.87 Å². The van der Waals surface area contributed by atoms with Crippen LogP contribution in [-0.4, -0.2) is 46.5 Å². The Morgan fingerprint density at radius 2 is 2.08 bits per heavy atom. The Labute approximate surface area is 145 Å². The van der Waals surface area contributed by atoms with Crippen LogP contribution in [0.25, 0.3) is 21.9 Å². The minimum atomic E-state index is -3.46. The van der Waals surface area contributed by atoms with Gasteiger partial charge in [0.25, 0.3) is 0 Å². The Morgan fingerprint density at radius 1 is 1.28 bits per heavy atom. The first-order valence-electron chi connectivity index (χ1n) is 8.15. The highest BCUT2D eigenvalue weighted by molar-refractivity contribution is 7.89. The fraction of sp³-hybridized carbons (Fsp3) is 0.353. The van der Waals surface area contributed by atoms with Crippen molar-refractivity contribution in [3.05, 3.63) is 36.3 Å². The van der Waals surface area contributed by atoms with E-state index >= 15 is 0 Å². The lowest BCUT2D eigenvalue weighted by Crippen LogP contribution is -2.39. The zero-order valence-electron chi connectivity index (χ0n) is 13.5. The molecule has 4 heterocycles. The number of hydrogen-bond acceptors (Lipinski definition) is 5. The molecule has 4 rings (SSSR count). The number of aromatic amines is 1. The van der Waals surface area contributed by atoms with Crippen LogP contribution >= 0.6 is 0 Å². The molecule has 0 amide bonds. The Kier molecular flexibility index (Phi) is 3.90. The Morgan fingerprint density at radius 3 is 2.84 bits per heavy atom. The van der Waals surface area contributed by atoms with Gasteiger partial charge in [-0.25, -0.2) is 17.7 Å². The number of nitrogens with zero attached hydrogens (tertiary/aromatic N) is 4. The average molecular weight is 355 g/mol. The van der Waals surface area contributed by atoms with Crippen LogP contribution in [0.3, 0.4) is 0 Å². The molecule has 8 heteroatoms. The number of hydrogen-bond donors (Lipinski definition) is 1. The summed E-state index contributed by atoms with van der Waals surface area (Å²) in [7, 11) is -3.46. The molecule has 0 aliphatic carbocycles. The normalized spacial score (nSPS) is 17.1. The number of nitriles is 1. The van der Waals surface area contributed by atoms with E-state index in [2.05, 4.69) is 15.0 Å². The van der Waals surface area contributed by atoms with Crippen molar-refractivity contribution in [3.8, 4) is 6.07 Å². The van der Waals surface area contributed by atoms with E-state index in [1.54, 1.807) is 18.5 Å². The van der Waals surface area contributed by atoms with Crippen molar-refractivity contribution in [3.63, 3.8) is 0 Å². The zero-order valence-corrected chi connectivity index (χ0v) is 14.3.